The number of hydrogen-bond acceptors (Lipinski definition) is 4. The summed E-state index contributed by atoms with van der Waals surface area (Å²) in [6, 6.07) is 19.9. The molecule has 0 aliphatic carbocycles. The van der Waals surface area contributed by atoms with Crippen LogP contribution in [0.15, 0.2) is 60.7 Å². The molecule has 1 aliphatic rings. The van der Waals surface area contributed by atoms with Gasteiger partial charge in [0.05, 0.1) is 11.4 Å². The predicted octanol–water partition coefficient (Wildman–Crippen LogP) is 2.84. The van der Waals surface area contributed by atoms with E-state index in [9.17, 15) is 5.11 Å². The number of aliphatic hydroxyl groups is 1. The van der Waals surface area contributed by atoms with Crippen LogP contribution < -0.4 is 4.74 Å². The summed E-state index contributed by atoms with van der Waals surface area (Å²) in [5.74, 6) is 0.774. The number of ether oxygens (including phenoxy) is 1. The Morgan fingerprint density at radius 1 is 1.08 bits per heavy atom. The zero-order valence-electron chi connectivity index (χ0n) is 14.9. The van der Waals surface area contributed by atoms with Crippen LogP contribution in [-0.2, 0) is 20.0 Å². The van der Waals surface area contributed by atoms with E-state index in [2.05, 4.69) is 17.0 Å². The van der Waals surface area contributed by atoms with Gasteiger partial charge in [-0.25, -0.2) is 0 Å². The Morgan fingerprint density at radius 3 is 2.50 bits per heavy atom. The quantitative estimate of drug-likeness (QED) is 0.770. The van der Waals surface area contributed by atoms with E-state index in [1.165, 1.54) is 5.56 Å². The van der Waals surface area contributed by atoms with Gasteiger partial charge in [-0.1, -0.05) is 48.5 Å². The normalized spacial score (nSPS) is 15.5. The molecule has 0 spiro atoms. The Balaban J connectivity index is 1.50. The van der Waals surface area contributed by atoms with Crippen molar-refractivity contribution in [3.05, 3.63) is 71.9 Å². The van der Waals surface area contributed by atoms with Crippen molar-refractivity contribution in [2.75, 3.05) is 13.2 Å². The van der Waals surface area contributed by atoms with Gasteiger partial charge in [0.1, 0.15) is 18.6 Å². The molecule has 1 N–H and O–H groups in total. The predicted molar refractivity (Wildman–Crippen MR) is 101 cm³/mol. The highest BCUT2D eigenvalue weighted by atomic mass is 16.5. The lowest BCUT2D eigenvalue weighted by molar-refractivity contribution is -0.0354. The molecule has 0 saturated carbocycles. The van der Waals surface area contributed by atoms with E-state index in [-0.39, 0.29) is 6.61 Å². The van der Waals surface area contributed by atoms with E-state index >= 15 is 0 Å². The minimum absolute atomic E-state index is 0.250. The monoisotopic (exact) mass is 349 g/mol. The second kappa shape index (κ2) is 7.32. The van der Waals surface area contributed by atoms with Crippen LogP contribution in [0.5, 0.6) is 5.75 Å². The van der Waals surface area contributed by atoms with Gasteiger partial charge in [-0.3, -0.25) is 9.58 Å². The van der Waals surface area contributed by atoms with E-state index in [0.717, 1.165) is 35.7 Å². The zero-order chi connectivity index (χ0) is 17.9. The second-order valence-corrected chi connectivity index (χ2v) is 6.59. The molecule has 4 rings (SSSR count). The lowest BCUT2D eigenvalue weighted by Gasteiger charge is -2.31. The Bertz CT molecular complexity index is 862. The van der Waals surface area contributed by atoms with Crippen LogP contribution >= 0.6 is 0 Å². The van der Waals surface area contributed by atoms with Gasteiger partial charge >= 0.3 is 0 Å². The van der Waals surface area contributed by atoms with Gasteiger partial charge in [-0.05, 0) is 12.1 Å². The Morgan fingerprint density at radius 2 is 1.77 bits per heavy atom. The first kappa shape index (κ1) is 16.8. The molecule has 134 valence electrons. The molecule has 2 aromatic carbocycles. The van der Waals surface area contributed by atoms with Crippen LogP contribution in [0.25, 0.3) is 11.3 Å². The summed E-state index contributed by atoms with van der Waals surface area (Å²) in [5.41, 5.74) is 4.60. The molecule has 3 aromatic rings. The van der Waals surface area contributed by atoms with Gasteiger partial charge in [0.2, 0.25) is 0 Å². The van der Waals surface area contributed by atoms with Crippen molar-refractivity contribution >= 4 is 0 Å². The van der Waals surface area contributed by atoms with Crippen molar-refractivity contribution in [3.63, 3.8) is 0 Å². The van der Waals surface area contributed by atoms with Crippen molar-refractivity contribution in [1.82, 2.24) is 14.7 Å². The number of nitrogens with zero attached hydrogens (tertiary/aromatic N) is 3. The van der Waals surface area contributed by atoms with Gasteiger partial charge in [-0.15, -0.1) is 0 Å². The largest absolute Gasteiger partial charge is 0.489 e. The highest BCUT2D eigenvalue weighted by molar-refractivity contribution is 5.65. The van der Waals surface area contributed by atoms with Gasteiger partial charge in [0.25, 0.3) is 0 Å². The zero-order valence-corrected chi connectivity index (χ0v) is 14.9. The minimum atomic E-state index is -0.646. The molecule has 0 bridgehead atoms. The number of para-hydroxylation sites is 1. The van der Waals surface area contributed by atoms with Crippen molar-refractivity contribution < 1.29 is 9.84 Å². The molecule has 0 radical (unpaired) electrons. The molecule has 2 heterocycles. The van der Waals surface area contributed by atoms with Crippen LogP contribution in [-0.4, -0.2) is 39.2 Å². The maximum atomic E-state index is 10.6. The topological polar surface area (TPSA) is 50.5 Å². The molecule has 0 fully saturated rings. The van der Waals surface area contributed by atoms with Crippen molar-refractivity contribution in [1.29, 1.82) is 0 Å². The van der Waals surface area contributed by atoms with Crippen molar-refractivity contribution in [2.24, 2.45) is 7.05 Å². The molecular weight excluding hydrogens is 326 g/mol. The number of benzene rings is 2. The van der Waals surface area contributed by atoms with Crippen LogP contribution in [0, 0.1) is 0 Å². The number of fused-ring (bicyclic) bond motifs is 1. The van der Waals surface area contributed by atoms with Crippen LogP contribution in [0.3, 0.4) is 0 Å². The average Bonchev–Trinajstić information content (AvgIpc) is 3.02. The number of hydrogen-bond donors (Lipinski definition) is 1. The average molecular weight is 349 g/mol. The number of aliphatic hydroxyl groups excluding tert-OH is 1. The first-order valence-corrected chi connectivity index (χ1v) is 8.92. The van der Waals surface area contributed by atoms with Gasteiger partial charge in [-0.2, -0.15) is 5.10 Å². The standard InChI is InChI=1S/C21H23N3O2/c1-23-21(16-8-4-2-5-9-16)18-14-24(13-12-19(18)22-23)20(25)15-26-17-10-6-3-7-11-17/h2-11,20,25H,12-15H2,1H3. The fraction of sp³-hybridized carbons (Fsp3) is 0.286. The lowest BCUT2D eigenvalue weighted by atomic mass is 10.0. The highest BCUT2D eigenvalue weighted by Gasteiger charge is 2.28. The highest BCUT2D eigenvalue weighted by Crippen LogP contribution is 2.30. The van der Waals surface area contributed by atoms with Gasteiger partial charge in [0.15, 0.2) is 0 Å². The van der Waals surface area contributed by atoms with E-state index < -0.39 is 6.23 Å². The summed E-state index contributed by atoms with van der Waals surface area (Å²) in [4.78, 5) is 2.05. The summed E-state index contributed by atoms with van der Waals surface area (Å²) in [6.07, 6.45) is 0.186. The molecule has 0 saturated heterocycles. The third-order valence-electron chi connectivity index (χ3n) is 4.84. The van der Waals surface area contributed by atoms with Crippen LogP contribution in [0.1, 0.15) is 11.3 Å². The Hall–Kier alpha value is -2.63. The van der Waals surface area contributed by atoms with Crippen molar-refractivity contribution in [3.8, 4) is 17.0 Å². The molecule has 26 heavy (non-hydrogen) atoms. The Kier molecular flexibility index (Phi) is 4.73. The SMILES string of the molecule is Cn1nc2c(c1-c1ccccc1)CN(C(O)COc1ccccc1)CC2. The molecule has 1 unspecified atom stereocenters. The molecular formula is C21H23N3O2. The third kappa shape index (κ3) is 3.36. The van der Waals surface area contributed by atoms with Crippen molar-refractivity contribution in [2.45, 2.75) is 19.2 Å². The summed E-state index contributed by atoms with van der Waals surface area (Å²) in [7, 11) is 1.99. The molecule has 5 heteroatoms. The van der Waals surface area contributed by atoms with E-state index in [4.69, 9.17) is 9.84 Å². The number of aromatic nitrogens is 2. The first-order chi connectivity index (χ1) is 12.7. The van der Waals surface area contributed by atoms with E-state index in [1.54, 1.807) is 0 Å². The van der Waals surface area contributed by atoms with E-state index in [1.807, 2.05) is 60.3 Å². The van der Waals surface area contributed by atoms with Crippen LogP contribution in [0.2, 0.25) is 0 Å². The molecule has 1 atom stereocenters. The first-order valence-electron chi connectivity index (χ1n) is 8.92. The van der Waals surface area contributed by atoms with E-state index in [0.29, 0.717) is 6.54 Å². The van der Waals surface area contributed by atoms with Gasteiger partial charge in [0, 0.05) is 37.7 Å². The Labute approximate surface area is 153 Å². The fourth-order valence-electron chi connectivity index (χ4n) is 3.53. The summed E-state index contributed by atoms with van der Waals surface area (Å²) < 4.78 is 7.67. The minimum Gasteiger partial charge on any atom is -0.489 e. The lowest BCUT2D eigenvalue weighted by Crippen LogP contribution is -2.42. The summed E-state index contributed by atoms with van der Waals surface area (Å²) >= 11 is 0. The summed E-state index contributed by atoms with van der Waals surface area (Å²) in [5, 5.41) is 15.3. The van der Waals surface area contributed by atoms with Crippen LogP contribution in [0.4, 0.5) is 0 Å². The number of rotatable bonds is 5. The molecule has 5 nitrogen and oxygen atoms in total. The second-order valence-electron chi connectivity index (χ2n) is 6.59. The molecule has 0 amide bonds. The third-order valence-corrected chi connectivity index (χ3v) is 4.84. The van der Waals surface area contributed by atoms with Gasteiger partial charge < -0.3 is 9.84 Å². The molecule has 1 aromatic heterocycles. The molecule has 1 aliphatic heterocycles. The number of aryl methyl sites for hydroxylation is 1. The fourth-order valence-corrected chi connectivity index (χ4v) is 3.53. The maximum Gasteiger partial charge on any atom is 0.142 e. The smallest absolute Gasteiger partial charge is 0.142 e. The maximum absolute atomic E-state index is 10.6. The summed E-state index contributed by atoms with van der Waals surface area (Å²) in [6.45, 7) is 1.70.